The maximum Gasteiger partial charge on any atom is 0.115 e. The molecule has 1 aromatic rings. The Balaban J connectivity index is 2.96. The first-order valence-electron chi connectivity index (χ1n) is 4.23. The van der Waals surface area contributed by atoms with Gasteiger partial charge in [-0.1, -0.05) is 30.4 Å². The van der Waals surface area contributed by atoms with Crippen LogP contribution in [0.1, 0.15) is 19.4 Å². The standard InChI is InChI=1S/C12H14O/c1-9(2)8-10(3)11-4-6-12(13)7-5-11/h4-8,13H,1H2,2-3H3. The van der Waals surface area contributed by atoms with Crippen LogP contribution in [0, 0.1) is 0 Å². The van der Waals surface area contributed by atoms with Crippen molar-refractivity contribution in [1.29, 1.82) is 0 Å². The molecule has 0 saturated heterocycles. The van der Waals surface area contributed by atoms with Crippen molar-refractivity contribution in [2.75, 3.05) is 0 Å². The van der Waals surface area contributed by atoms with E-state index < -0.39 is 0 Å². The molecule has 1 nitrogen and oxygen atoms in total. The first-order valence-corrected chi connectivity index (χ1v) is 4.23. The molecule has 0 heterocycles. The fraction of sp³-hybridized carbons (Fsp3) is 0.167. The molecule has 0 aromatic heterocycles. The Bertz CT molecular complexity index is 331. The smallest absolute Gasteiger partial charge is 0.115 e. The molecule has 1 N–H and O–H groups in total. The molecule has 0 saturated carbocycles. The Morgan fingerprint density at radius 2 is 1.77 bits per heavy atom. The molecular weight excluding hydrogens is 160 g/mol. The van der Waals surface area contributed by atoms with Crippen LogP contribution in [0.4, 0.5) is 0 Å². The number of allylic oxidation sites excluding steroid dienone is 3. The predicted octanol–water partition coefficient (Wildman–Crippen LogP) is 3.37. The lowest BCUT2D eigenvalue weighted by Crippen LogP contribution is -1.78. The van der Waals surface area contributed by atoms with Crippen LogP contribution in [0.3, 0.4) is 0 Å². The molecule has 0 aliphatic carbocycles. The highest BCUT2D eigenvalue weighted by atomic mass is 16.3. The van der Waals surface area contributed by atoms with Crippen molar-refractivity contribution in [3.63, 3.8) is 0 Å². The Kier molecular flexibility index (Phi) is 2.91. The highest BCUT2D eigenvalue weighted by Gasteiger charge is 1.94. The number of phenolic OH excluding ortho intramolecular Hbond substituents is 1. The Hall–Kier alpha value is -1.50. The van der Waals surface area contributed by atoms with Gasteiger partial charge >= 0.3 is 0 Å². The molecule has 0 bridgehead atoms. The summed E-state index contributed by atoms with van der Waals surface area (Å²) in [5.74, 6) is 0.298. The SMILES string of the molecule is C=C(C)C=C(C)c1ccc(O)cc1. The Labute approximate surface area is 79.0 Å². The molecule has 13 heavy (non-hydrogen) atoms. The van der Waals surface area contributed by atoms with Crippen molar-refractivity contribution < 1.29 is 5.11 Å². The summed E-state index contributed by atoms with van der Waals surface area (Å²) < 4.78 is 0. The number of hydrogen-bond acceptors (Lipinski definition) is 1. The lowest BCUT2D eigenvalue weighted by atomic mass is 10.1. The van der Waals surface area contributed by atoms with Crippen LogP contribution in [0.15, 0.2) is 42.5 Å². The molecule has 0 aliphatic rings. The lowest BCUT2D eigenvalue weighted by Gasteiger charge is -2.01. The minimum Gasteiger partial charge on any atom is -0.508 e. The maximum absolute atomic E-state index is 9.08. The first kappa shape index (κ1) is 9.59. The van der Waals surface area contributed by atoms with Crippen LogP contribution in [0.25, 0.3) is 5.57 Å². The zero-order valence-electron chi connectivity index (χ0n) is 8.04. The molecular formula is C12H14O. The van der Waals surface area contributed by atoms with Crippen LogP contribution in [0.2, 0.25) is 0 Å². The average Bonchev–Trinajstić information content (AvgIpc) is 2.04. The van der Waals surface area contributed by atoms with Gasteiger partial charge in [0, 0.05) is 0 Å². The molecule has 0 spiro atoms. The second-order valence-corrected chi connectivity index (χ2v) is 3.22. The predicted molar refractivity (Wildman–Crippen MR) is 56.6 cm³/mol. The van der Waals surface area contributed by atoms with E-state index in [4.69, 9.17) is 5.11 Å². The summed E-state index contributed by atoms with van der Waals surface area (Å²) in [6, 6.07) is 7.16. The minimum absolute atomic E-state index is 0.298. The van der Waals surface area contributed by atoms with Crippen LogP contribution < -0.4 is 0 Å². The second-order valence-electron chi connectivity index (χ2n) is 3.22. The second kappa shape index (κ2) is 3.94. The summed E-state index contributed by atoms with van der Waals surface area (Å²) in [7, 11) is 0. The monoisotopic (exact) mass is 174 g/mol. The van der Waals surface area contributed by atoms with Crippen molar-refractivity contribution in [1.82, 2.24) is 0 Å². The van der Waals surface area contributed by atoms with Gasteiger partial charge in [0.15, 0.2) is 0 Å². The van der Waals surface area contributed by atoms with Gasteiger partial charge in [0.1, 0.15) is 5.75 Å². The van der Waals surface area contributed by atoms with Gasteiger partial charge in [-0.05, 0) is 37.1 Å². The number of phenols is 1. The summed E-state index contributed by atoms with van der Waals surface area (Å²) in [5, 5.41) is 9.08. The summed E-state index contributed by atoms with van der Waals surface area (Å²) in [6.45, 7) is 7.80. The highest BCUT2D eigenvalue weighted by Crippen LogP contribution is 2.18. The molecule has 0 fully saturated rings. The Morgan fingerprint density at radius 3 is 2.23 bits per heavy atom. The van der Waals surface area contributed by atoms with E-state index in [0.717, 1.165) is 16.7 Å². The van der Waals surface area contributed by atoms with Crippen LogP contribution >= 0.6 is 0 Å². The van der Waals surface area contributed by atoms with Gasteiger partial charge in [-0.15, -0.1) is 0 Å². The number of aromatic hydroxyl groups is 1. The minimum atomic E-state index is 0.298. The molecule has 1 aromatic carbocycles. The zero-order chi connectivity index (χ0) is 9.84. The number of rotatable bonds is 2. The van der Waals surface area contributed by atoms with E-state index in [1.165, 1.54) is 0 Å². The van der Waals surface area contributed by atoms with E-state index in [0.29, 0.717) is 5.75 Å². The van der Waals surface area contributed by atoms with Crippen molar-refractivity contribution in [2.24, 2.45) is 0 Å². The van der Waals surface area contributed by atoms with Crippen LogP contribution in [0.5, 0.6) is 5.75 Å². The van der Waals surface area contributed by atoms with Gasteiger partial charge < -0.3 is 5.11 Å². The van der Waals surface area contributed by atoms with Gasteiger partial charge in [0.2, 0.25) is 0 Å². The van der Waals surface area contributed by atoms with E-state index in [1.54, 1.807) is 12.1 Å². The van der Waals surface area contributed by atoms with Gasteiger partial charge in [0.25, 0.3) is 0 Å². The highest BCUT2D eigenvalue weighted by molar-refractivity contribution is 5.66. The molecule has 1 heteroatoms. The molecule has 0 aliphatic heterocycles. The van der Waals surface area contributed by atoms with Crippen molar-refractivity contribution >= 4 is 5.57 Å². The summed E-state index contributed by atoms with van der Waals surface area (Å²) in [6.07, 6.45) is 2.02. The first-order chi connectivity index (χ1) is 6.09. The van der Waals surface area contributed by atoms with Gasteiger partial charge in [-0.3, -0.25) is 0 Å². The van der Waals surface area contributed by atoms with E-state index in [-0.39, 0.29) is 0 Å². The molecule has 1 rings (SSSR count). The van der Waals surface area contributed by atoms with E-state index in [9.17, 15) is 0 Å². The fourth-order valence-corrected chi connectivity index (χ4v) is 1.18. The Morgan fingerprint density at radius 1 is 1.23 bits per heavy atom. The normalized spacial score (nSPS) is 11.4. The summed E-state index contributed by atoms with van der Waals surface area (Å²) >= 11 is 0. The number of benzene rings is 1. The van der Waals surface area contributed by atoms with Gasteiger partial charge in [-0.2, -0.15) is 0 Å². The molecule has 0 amide bonds. The zero-order valence-corrected chi connectivity index (χ0v) is 8.04. The van der Waals surface area contributed by atoms with Crippen LogP contribution in [-0.4, -0.2) is 5.11 Å². The van der Waals surface area contributed by atoms with Crippen molar-refractivity contribution in [3.8, 4) is 5.75 Å². The van der Waals surface area contributed by atoms with E-state index >= 15 is 0 Å². The van der Waals surface area contributed by atoms with Crippen molar-refractivity contribution in [3.05, 3.63) is 48.1 Å². The van der Waals surface area contributed by atoms with E-state index in [2.05, 4.69) is 6.58 Å². The maximum atomic E-state index is 9.08. The molecule has 0 atom stereocenters. The summed E-state index contributed by atoms with van der Waals surface area (Å²) in [5.41, 5.74) is 3.30. The average molecular weight is 174 g/mol. The third-order valence-electron chi connectivity index (χ3n) is 1.79. The lowest BCUT2D eigenvalue weighted by molar-refractivity contribution is 0.475. The van der Waals surface area contributed by atoms with Gasteiger partial charge in [0.05, 0.1) is 0 Å². The quantitative estimate of drug-likeness (QED) is 0.681. The topological polar surface area (TPSA) is 20.2 Å². The number of hydrogen-bond donors (Lipinski definition) is 1. The van der Waals surface area contributed by atoms with Gasteiger partial charge in [-0.25, -0.2) is 0 Å². The van der Waals surface area contributed by atoms with Crippen LogP contribution in [-0.2, 0) is 0 Å². The fourth-order valence-electron chi connectivity index (χ4n) is 1.18. The van der Waals surface area contributed by atoms with E-state index in [1.807, 2.05) is 32.1 Å². The largest absolute Gasteiger partial charge is 0.508 e. The third kappa shape index (κ3) is 2.79. The summed E-state index contributed by atoms with van der Waals surface area (Å²) in [4.78, 5) is 0. The third-order valence-corrected chi connectivity index (χ3v) is 1.79. The molecule has 0 radical (unpaired) electrons. The molecule has 68 valence electrons. The van der Waals surface area contributed by atoms with Crippen molar-refractivity contribution in [2.45, 2.75) is 13.8 Å². The molecule has 0 unspecified atom stereocenters.